The Balaban J connectivity index is 2.63. The fourth-order valence-corrected chi connectivity index (χ4v) is 1.31. The zero-order valence-corrected chi connectivity index (χ0v) is 9.35. The zero-order valence-electron chi connectivity index (χ0n) is 9.35. The molecule has 1 atom stereocenters. The number of carboxylic acid groups (broad SMARTS) is 1. The van der Waals surface area contributed by atoms with Crippen LogP contribution < -0.4 is 0 Å². The van der Waals surface area contributed by atoms with E-state index in [4.69, 9.17) is 5.11 Å². The summed E-state index contributed by atoms with van der Waals surface area (Å²) in [7, 11) is 0. The fraction of sp³-hybridized carbons (Fsp3) is 0.333. The van der Waals surface area contributed by atoms with Crippen molar-refractivity contribution < 1.29 is 23.8 Å². The van der Waals surface area contributed by atoms with Gasteiger partial charge in [-0.3, -0.25) is 0 Å². The maximum Gasteiger partial charge on any atom is 0.341 e. The van der Waals surface area contributed by atoms with Crippen LogP contribution in [0.5, 0.6) is 0 Å². The van der Waals surface area contributed by atoms with Crippen molar-refractivity contribution in [2.24, 2.45) is 0 Å². The van der Waals surface area contributed by atoms with Gasteiger partial charge < -0.3 is 9.84 Å². The van der Waals surface area contributed by atoms with Gasteiger partial charge in [0.1, 0.15) is 0 Å². The van der Waals surface area contributed by atoms with E-state index in [1.165, 1.54) is 24.3 Å². The van der Waals surface area contributed by atoms with E-state index >= 15 is 0 Å². The molecule has 5 heteroatoms. The molecule has 1 N–H and O–H groups in total. The van der Waals surface area contributed by atoms with Crippen LogP contribution in [0, 0.1) is 0 Å². The Morgan fingerprint density at radius 2 is 1.94 bits per heavy atom. The van der Waals surface area contributed by atoms with Crippen LogP contribution in [0.2, 0.25) is 0 Å². The van der Waals surface area contributed by atoms with Gasteiger partial charge in [-0.2, -0.15) is 0 Å². The Hall–Kier alpha value is -1.91. The standard InChI is InChI=1S/C12H13FO4/c1-2-17-12(16)10(13)7-8-3-5-9(6-4-8)11(14)15/h3-6,10H,2,7H2,1H3,(H,14,15). The molecule has 0 fully saturated rings. The third kappa shape index (κ3) is 3.86. The van der Waals surface area contributed by atoms with Crippen LogP contribution in [-0.2, 0) is 16.0 Å². The third-order valence-electron chi connectivity index (χ3n) is 2.16. The van der Waals surface area contributed by atoms with Crippen molar-refractivity contribution in [2.45, 2.75) is 19.5 Å². The first kappa shape index (κ1) is 13.2. The largest absolute Gasteiger partial charge is 0.478 e. The lowest BCUT2D eigenvalue weighted by atomic mass is 10.1. The number of rotatable bonds is 5. The summed E-state index contributed by atoms with van der Waals surface area (Å²) in [5.41, 5.74) is 0.677. The summed E-state index contributed by atoms with van der Waals surface area (Å²) in [5, 5.41) is 8.67. The van der Waals surface area contributed by atoms with Gasteiger partial charge in [0.25, 0.3) is 0 Å². The monoisotopic (exact) mass is 240 g/mol. The number of ether oxygens (including phenoxy) is 1. The van der Waals surface area contributed by atoms with Crippen molar-refractivity contribution in [2.75, 3.05) is 6.61 Å². The van der Waals surface area contributed by atoms with Crippen LogP contribution >= 0.6 is 0 Å². The minimum absolute atomic E-state index is 0.112. The lowest BCUT2D eigenvalue weighted by Gasteiger charge is -2.07. The topological polar surface area (TPSA) is 63.6 Å². The van der Waals surface area contributed by atoms with Gasteiger partial charge in [-0.25, -0.2) is 14.0 Å². The molecule has 1 aromatic carbocycles. The molecule has 0 saturated heterocycles. The summed E-state index contributed by atoms with van der Waals surface area (Å²) in [4.78, 5) is 21.6. The lowest BCUT2D eigenvalue weighted by Crippen LogP contribution is -2.21. The van der Waals surface area contributed by atoms with Crippen molar-refractivity contribution in [1.29, 1.82) is 0 Å². The van der Waals surface area contributed by atoms with E-state index in [0.29, 0.717) is 5.56 Å². The smallest absolute Gasteiger partial charge is 0.341 e. The summed E-state index contributed by atoms with van der Waals surface area (Å²) in [6.07, 6.45) is -1.83. The van der Waals surface area contributed by atoms with Gasteiger partial charge in [-0.1, -0.05) is 12.1 Å². The fourth-order valence-electron chi connectivity index (χ4n) is 1.31. The number of alkyl halides is 1. The third-order valence-corrected chi connectivity index (χ3v) is 2.16. The van der Waals surface area contributed by atoms with Crippen LogP contribution in [0.4, 0.5) is 4.39 Å². The average molecular weight is 240 g/mol. The van der Waals surface area contributed by atoms with Crippen LogP contribution in [-0.4, -0.2) is 29.8 Å². The second-order valence-corrected chi connectivity index (χ2v) is 3.43. The highest BCUT2D eigenvalue weighted by Crippen LogP contribution is 2.10. The molecule has 17 heavy (non-hydrogen) atoms. The maximum absolute atomic E-state index is 13.3. The van der Waals surface area contributed by atoms with Crippen molar-refractivity contribution in [3.63, 3.8) is 0 Å². The van der Waals surface area contributed by atoms with Gasteiger partial charge >= 0.3 is 11.9 Å². The molecule has 1 unspecified atom stereocenters. The van der Waals surface area contributed by atoms with E-state index in [9.17, 15) is 14.0 Å². The minimum Gasteiger partial charge on any atom is -0.478 e. The Labute approximate surface area is 98.0 Å². The highest BCUT2D eigenvalue weighted by Gasteiger charge is 2.18. The van der Waals surface area contributed by atoms with E-state index in [1.807, 2.05) is 0 Å². The molecule has 0 bridgehead atoms. The first-order valence-electron chi connectivity index (χ1n) is 5.17. The molecule has 0 aromatic heterocycles. The molecular weight excluding hydrogens is 227 g/mol. The normalized spacial score (nSPS) is 11.9. The van der Waals surface area contributed by atoms with Crippen LogP contribution in [0.3, 0.4) is 0 Å². The van der Waals surface area contributed by atoms with E-state index in [-0.39, 0.29) is 18.6 Å². The van der Waals surface area contributed by atoms with Gasteiger partial charge in [0, 0.05) is 6.42 Å². The van der Waals surface area contributed by atoms with E-state index in [1.54, 1.807) is 6.92 Å². The quantitative estimate of drug-likeness (QED) is 0.797. The van der Waals surface area contributed by atoms with E-state index in [0.717, 1.165) is 0 Å². The average Bonchev–Trinajstić information content (AvgIpc) is 2.30. The van der Waals surface area contributed by atoms with E-state index < -0.39 is 18.1 Å². The first-order chi connectivity index (χ1) is 8.04. The molecule has 0 radical (unpaired) electrons. The number of carbonyl (C=O) groups is 2. The number of carbonyl (C=O) groups excluding carboxylic acids is 1. The summed E-state index contributed by atoms with van der Waals surface area (Å²) in [6, 6.07) is 5.70. The molecule has 0 aliphatic heterocycles. The van der Waals surface area contributed by atoms with Crippen molar-refractivity contribution in [3.8, 4) is 0 Å². The van der Waals surface area contributed by atoms with Gasteiger partial charge in [0.15, 0.2) is 0 Å². The molecule has 1 aromatic rings. The SMILES string of the molecule is CCOC(=O)C(F)Cc1ccc(C(=O)O)cc1. The highest BCUT2D eigenvalue weighted by molar-refractivity contribution is 5.87. The van der Waals surface area contributed by atoms with E-state index in [2.05, 4.69) is 4.74 Å². The van der Waals surface area contributed by atoms with Crippen molar-refractivity contribution in [1.82, 2.24) is 0 Å². The predicted molar refractivity (Wildman–Crippen MR) is 58.6 cm³/mol. The predicted octanol–water partition coefficient (Wildman–Crippen LogP) is 1.83. The Bertz CT molecular complexity index is 399. The van der Waals surface area contributed by atoms with Gasteiger partial charge in [-0.05, 0) is 24.6 Å². The number of esters is 1. The number of hydrogen-bond acceptors (Lipinski definition) is 3. The maximum atomic E-state index is 13.3. The summed E-state index contributed by atoms with van der Waals surface area (Å²) in [5.74, 6) is -1.94. The number of halogens is 1. The molecule has 0 aliphatic rings. The van der Waals surface area contributed by atoms with Gasteiger partial charge in [-0.15, -0.1) is 0 Å². The molecule has 4 nitrogen and oxygen atoms in total. The van der Waals surface area contributed by atoms with Gasteiger partial charge in [0.05, 0.1) is 12.2 Å². The summed E-state index contributed by atoms with van der Waals surface area (Å²) in [6.45, 7) is 1.74. The lowest BCUT2D eigenvalue weighted by molar-refractivity contribution is -0.149. The van der Waals surface area contributed by atoms with Crippen LogP contribution in [0.1, 0.15) is 22.8 Å². The molecule has 0 saturated carbocycles. The molecular formula is C12H13FO4. The number of carboxylic acids is 1. The summed E-state index contributed by atoms with van der Waals surface area (Å²) < 4.78 is 17.9. The second kappa shape index (κ2) is 5.98. The number of aromatic carboxylic acids is 1. The van der Waals surface area contributed by atoms with Crippen molar-refractivity contribution in [3.05, 3.63) is 35.4 Å². The molecule has 0 amide bonds. The Kier molecular flexibility index (Phi) is 4.63. The van der Waals surface area contributed by atoms with Gasteiger partial charge in [0.2, 0.25) is 6.17 Å². The highest BCUT2D eigenvalue weighted by atomic mass is 19.1. The zero-order chi connectivity index (χ0) is 12.8. The molecule has 1 rings (SSSR count). The van der Waals surface area contributed by atoms with Crippen LogP contribution in [0.15, 0.2) is 24.3 Å². The van der Waals surface area contributed by atoms with Crippen LogP contribution in [0.25, 0.3) is 0 Å². The first-order valence-corrected chi connectivity index (χ1v) is 5.17. The Morgan fingerprint density at radius 1 is 1.35 bits per heavy atom. The number of hydrogen-bond donors (Lipinski definition) is 1. The molecule has 0 aliphatic carbocycles. The second-order valence-electron chi connectivity index (χ2n) is 3.43. The van der Waals surface area contributed by atoms with Crippen molar-refractivity contribution >= 4 is 11.9 Å². The molecule has 0 spiro atoms. The summed E-state index contributed by atoms with van der Waals surface area (Å²) >= 11 is 0. The Morgan fingerprint density at radius 3 is 2.41 bits per heavy atom. The molecule has 0 heterocycles. The molecule has 92 valence electrons. The minimum atomic E-state index is -1.72. The number of benzene rings is 1.